The number of methoxy groups -OCH3 is 1. The van der Waals surface area contributed by atoms with Crippen LogP contribution >= 0.6 is 11.3 Å². The summed E-state index contributed by atoms with van der Waals surface area (Å²) < 4.78 is 4.23. The Hall–Kier alpha value is -1.76. The maximum atomic E-state index is 11.2. The lowest BCUT2D eigenvalue weighted by atomic mass is 10.3. The molecular formula is C7H6N2O4S. The van der Waals surface area contributed by atoms with E-state index in [4.69, 9.17) is 0 Å². The number of amides is 1. The Morgan fingerprint density at radius 1 is 1.64 bits per heavy atom. The fraction of sp³-hybridized carbons (Fsp3) is 0.143. The van der Waals surface area contributed by atoms with E-state index >= 15 is 0 Å². The molecule has 0 bridgehead atoms. The van der Waals surface area contributed by atoms with Crippen LogP contribution in [0.4, 0.5) is 0 Å². The van der Waals surface area contributed by atoms with E-state index in [1.165, 1.54) is 5.38 Å². The van der Waals surface area contributed by atoms with Gasteiger partial charge in [0.15, 0.2) is 4.80 Å². The molecule has 0 unspecified atom stereocenters. The Labute approximate surface area is 82.2 Å². The molecule has 7 heteroatoms. The molecule has 0 aromatic carbocycles. The predicted octanol–water partition coefficient (Wildman–Crippen LogP) is -0.511. The minimum absolute atomic E-state index is 0.0578. The molecule has 14 heavy (non-hydrogen) atoms. The zero-order valence-corrected chi connectivity index (χ0v) is 7.96. The molecule has 0 atom stereocenters. The number of aromatic amines is 1. The van der Waals surface area contributed by atoms with Gasteiger partial charge in [-0.1, -0.05) is 0 Å². The minimum atomic E-state index is -0.961. The van der Waals surface area contributed by atoms with Crippen molar-refractivity contribution >= 4 is 29.5 Å². The molecule has 0 aliphatic carbocycles. The van der Waals surface area contributed by atoms with Gasteiger partial charge < -0.3 is 9.72 Å². The highest BCUT2D eigenvalue weighted by Gasteiger charge is 2.17. The normalized spacial score (nSPS) is 11.1. The molecule has 1 aromatic rings. The third kappa shape index (κ3) is 2.13. The van der Waals surface area contributed by atoms with Gasteiger partial charge in [-0.05, 0) is 0 Å². The number of carbonyl (C=O) groups excluding carboxylic acids is 3. The lowest BCUT2D eigenvalue weighted by Crippen LogP contribution is -2.17. The highest BCUT2D eigenvalue weighted by Crippen LogP contribution is 1.98. The van der Waals surface area contributed by atoms with E-state index in [1.807, 2.05) is 0 Å². The Bertz CT molecular complexity index is 431. The van der Waals surface area contributed by atoms with Crippen molar-refractivity contribution in [2.45, 2.75) is 0 Å². The van der Waals surface area contributed by atoms with Crippen molar-refractivity contribution in [1.29, 1.82) is 0 Å². The van der Waals surface area contributed by atoms with Crippen molar-refractivity contribution < 1.29 is 19.1 Å². The first kappa shape index (κ1) is 10.3. The van der Waals surface area contributed by atoms with Crippen LogP contribution in [0.5, 0.6) is 0 Å². The molecule has 1 N–H and O–H groups in total. The second kappa shape index (κ2) is 4.47. The summed E-state index contributed by atoms with van der Waals surface area (Å²) in [6.45, 7) is 0. The molecule has 0 aliphatic rings. The van der Waals surface area contributed by atoms with Crippen LogP contribution in [0.15, 0.2) is 10.4 Å². The second-order valence-electron chi connectivity index (χ2n) is 2.13. The number of hydrogen-bond donors (Lipinski definition) is 1. The summed E-state index contributed by atoms with van der Waals surface area (Å²) in [4.78, 5) is 38.1. The van der Waals surface area contributed by atoms with Crippen LogP contribution in [0, 0.1) is 0 Å². The third-order valence-electron chi connectivity index (χ3n) is 1.32. The largest absolute Gasteiger partial charge is 0.463 e. The Balaban J connectivity index is 2.98. The summed E-state index contributed by atoms with van der Waals surface area (Å²) >= 11 is 1.05. The SMILES string of the molecule is COC(=O)C(=O)c1cs/c(=N\C=O)[nH]1. The second-order valence-corrected chi connectivity index (χ2v) is 2.99. The van der Waals surface area contributed by atoms with Gasteiger partial charge in [0.2, 0.25) is 6.41 Å². The zero-order valence-electron chi connectivity index (χ0n) is 7.14. The Kier molecular flexibility index (Phi) is 3.29. The van der Waals surface area contributed by atoms with Crippen molar-refractivity contribution in [3.63, 3.8) is 0 Å². The van der Waals surface area contributed by atoms with Gasteiger partial charge in [-0.15, -0.1) is 11.3 Å². The van der Waals surface area contributed by atoms with E-state index in [2.05, 4.69) is 14.7 Å². The van der Waals surface area contributed by atoms with E-state index < -0.39 is 11.8 Å². The molecule has 74 valence electrons. The van der Waals surface area contributed by atoms with Gasteiger partial charge in [0.05, 0.1) is 7.11 Å². The van der Waals surface area contributed by atoms with Crippen LogP contribution in [-0.4, -0.2) is 30.3 Å². The monoisotopic (exact) mass is 214 g/mol. The van der Waals surface area contributed by atoms with Crippen LogP contribution in [0.2, 0.25) is 0 Å². The lowest BCUT2D eigenvalue weighted by Gasteiger charge is -1.93. The van der Waals surface area contributed by atoms with Crippen molar-refractivity contribution in [2.75, 3.05) is 7.11 Å². The van der Waals surface area contributed by atoms with Gasteiger partial charge in [0, 0.05) is 5.38 Å². The van der Waals surface area contributed by atoms with Gasteiger partial charge in [-0.25, -0.2) is 4.79 Å². The number of Topliss-reactive ketones (excluding diaryl/α,β-unsaturated/α-hetero) is 1. The van der Waals surface area contributed by atoms with Crippen molar-refractivity contribution in [2.24, 2.45) is 4.99 Å². The topological polar surface area (TPSA) is 88.6 Å². The lowest BCUT2D eigenvalue weighted by molar-refractivity contribution is -0.135. The standard InChI is InChI=1S/C7H6N2O4S/c1-13-6(12)5(11)4-2-14-7(9-4)8-3-10/h2-3H,1H3,(H,8,9,10). The quantitative estimate of drug-likeness (QED) is 0.317. The molecule has 1 amide bonds. The highest BCUT2D eigenvalue weighted by atomic mass is 32.1. The molecule has 0 saturated heterocycles. The van der Waals surface area contributed by atoms with Crippen LogP contribution in [0.25, 0.3) is 0 Å². The third-order valence-corrected chi connectivity index (χ3v) is 2.10. The average molecular weight is 214 g/mol. The summed E-state index contributed by atoms with van der Waals surface area (Å²) in [5.41, 5.74) is 0.0578. The first-order valence-corrected chi connectivity index (χ1v) is 4.35. The van der Waals surface area contributed by atoms with Crippen molar-refractivity contribution in [3.05, 3.63) is 15.9 Å². The van der Waals surface area contributed by atoms with E-state index in [0.717, 1.165) is 18.4 Å². The fourth-order valence-corrected chi connectivity index (χ4v) is 1.38. The number of hydrogen-bond acceptors (Lipinski definition) is 5. The van der Waals surface area contributed by atoms with Gasteiger partial charge >= 0.3 is 5.97 Å². The minimum Gasteiger partial charge on any atom is -0.463 e. The molecule has 0 aliphatic heterocycles. The number of nitrogens with one attached hydrogen (secondary N) is 1. The summed E-state index contributed by atoms with van der Waals surface area (Å²) in [7, 11) is 1.11. The number of ketones is 1. The van der Waals surface area contributed by atoms with E-state index in [-0.39, 0.29) is 10.5 Å². The smallest absolute Gasteiger partial charge is 0.381 e. The summed E-state index contributed by atoms with van der Waals surface area (Å²) in [6, 6.07) is 0. The molecular weight excluding hydrogens is 208 g/mol. The van der Waals surface area contributed by atoms with E-state index in [9.17, 15) is 14.4 Å². The van der Waals surface area contributed by atoms with E-state index in [0.29, 0.717) is 6.41 Å². The average Bonchev–Trinajstić information content (AvgIpc) is 2.64. The van der Waals surface area contributed by atoms with Crippen LogP contribution in [0.1, 0.15) is 10.5 Å². The highest BCUT2D eigenvalue weighted by molar-refractivity contribution is 7.07. The van der Waals surface area contributed by atoms with Gasteiger partial charge in [0.25, 0.3) is 5.78 Å². The van der Waals surface area contributed by atoms with Crippen LogP contribution in [-0.2, 0) is 14.3 Å². The molecule has 1 rings (SSSR count). The summed E-state index contributed by atoms with van der Waals surface area (Å²) in [5.74, 6) is -1.76. The van der Waals surface area contributed by atoms with Crippen molar-refractivity contribution in [1.82, 2.24) is 4.98 Å². The first-order valence-electron chi connectivity index (χ1n) is 3.47. The molecule has 0 spiro atoms. The van der Waals surface area contributed by atoms with Crippen molar-refractivity contribution in [3.8, 4) is 0 Å². The van der Waals surface area contributed by atoms with E-state index in [1.54, 1.807) is 0 Å². The Morgan fingerprint density at radius 2 is 2.36 bits per heavy atom. The number of rotatable bonds is 3. The Morgan fingerprint density at radius 3 is 2.93 bits per heavy atom. The van der Waals surface area contributed by atoms with Gasteiger partial charge in [0.1, 0.15) is 5.69 Å². The maximum Gasteiger partial charge on any atom is 0.381 e. The summed E-state index contributed by atoms with van der Waals surface area (Å²) in [6.07, 6.45) is 0.342. The number of H-pyrrole nitrogens is 1. The van der Waals surface area contributed by atoms with Gasteiger partial charge in [-0.2, -0.15) is 4.99 Å². The number of ether oxygens (including phenoxy) is 1. The van der Waals surface area contributed by atoms with Crippen LogP contribution in [0.3, 0.4) is 0 Å². The molecule has 6 nitrogen and oxygen atoms in total. The molecule has 0 saturated carbocycles. The number of carbonyl (C=O) groups is 3. The number of nitrogens with zero attached hydrogens (tertiary/aromatic N) is 1. The zero-order chi connectivity index (χ0) is 10.6. The molecule has 0 radical (unpaired) electrons. The molecule has 1 aromatic heterocycles. The van der Waals surface area contributed by atoms with Crippen LogP contribution < -0.4 is 4.80 Å². The molecule has 1 heterocycles. The van der Waals surface area contributed by atoms with Gasteiger partial charge in [-0.3, -0.25) is 9.59 Å². The maximum absolute atomic E-state index is 11.2. The molecule has 0 fully saturated rings. The fourth-order valence-electron chi connectivity index (χ4n) is 0.712. The predicted molar refractivity (Wildman–Crippen MR) is 46.6 cm³/mol. The number of esters is 1. The number of aromatic nitrogens is 1. The first-order chi connectivity index (χ1) is 6.69. The number of thiazole rings is 1. The summed E-state index contributed by atoms with van der Waals surface area (Å²) in [5, 5.41) is 1.39.